The van der Waals surface area contributed by atoms with E-state index in [9.17, 15) is 0 Å². The molecule has 6 nitrogen and oxygen atoms in total. The van der Waals surface area contributed by atoms with Crippen LogP contribution < -0.4 is 10.1 Å². The van der Waals surface area contributed by atoms with Crippen molar-refractivity contribution in [3.05, 3.63) is 83.7 Å². The van der Waals surface area contributed by atoms with Gasteiger partial charge in [0.1, 0.15) is 12.4 Å². The maximum atomic E-state index is 5.92. The van der Waals surface area contributed by atoms with Crippen LogP contribution in [0.2, 0.25) is 0 Å². The Bertz CT molecular complexity index is 1470. The van der Waals surface area contributed by atoms with Gasteiger partial charge >= 0.3 is 0 Å². The number of hydrogen-bond donors (Lipinski definition) is 1. The molecule has 0 atom stereocenters. The van der Waals surface area contributed by atoms with Crippen LogP contribution in [-0.2, 0) is 0 Å². The van der Waals surface area contributed by atoms with Gasteiger partial charge in [0.2, 0.25) is 5.95 Å². The van der Waals surface area contributed by atoms with Crippen LogP contribution in [-0.4, -0.2) is 45.7 Å². The second-order valence-electron chi connectivity index (χ2n) is 9.15. The van der Waals surface area contributed by atoms with E-state index in [1.54, 1.807) is 0 Å². The lowest BCUT2D eigenvalue weighted by Gasteiger charge is -2.15. The van der Waals surface area contributed by atoms with Crippen molar-refractivity contribution in [2.75, 3.05) is 31.6 Å². The Hall–Kier alpha value is -3.68. The van der Waals surface area contributed by atoms with Gasteiger partial charge in [-0.1, -0.05) is 24.3 Å². The monoisotopic (exact) mass is 495 g/mol. The van der Waals surface area contributed by atoms with E-state index >= 15 is 0 Å². The number of benzene rings is 2. The van der Waals surface area contributed by atoms with Gasteiger partial charge in [-0.15, -0.1) is 16.4 Å². The van der Waals surface area contributed by atoms with Gasteiger partial charge in [0, 0.05) is 27.5 Å². The second kappa shape index (κ2) is 10.1. The lowest BCUT2D eigenvalue weighted by atomic mass is 10.1. The molecule has 6 rings (SSSR count). The molecule has 0 unspecified atom stereocenters. The van der Waals surface area contributed by atoms with Crippen LogP contribution in [0.25, 0.3) is 27.3 Å². The summed E-state index contributed by atoms with van der Waals surface area (Å²) in [5.74, 6) is 1.45. The van der Waals surface area contributed by atoms with Gasteiger partial charge in [0.25, 0.3) is 0 Å². The zero-order chi connectivity index (χ0) is 24.3. The summed E-state index contributed by atoms with van der Waals surface area (Å²) < 4.78 is 7.82. The SMILES string of the molecule is Cc1ccc(-c2cccc(-c3cccc4nc(Nc5ccc(OCCN6CCCC6)cc5)nn34)c2)s1. The van der Waals surface area contributed by atoms with E-state index in [2.05, 4.69) is 59.6 Å². The standard InChI is InChI=1S/C29H29N5OS/c1-21-10-15-27(36-21)23-7-4-6-22(20-23)26-8-5-9-28-31-29(32-34(26)28)30-24-11-13-25(14-12-24)35-19-18-33-16-2-3-17-33/h4-15,20H,2-3,16-19H2,1H3,(H,30,32). The van der Waals surface area contributed by atoms with Crippen LogP contribution in [0.4, 0.5) is 11.6 Å². The number of likely N-dealkylation sites (tertiary alicyclic amines) is 1. The zero-order valence-electron chi connectivity index (χ0n) is 20.4. The van der Waals surface area contributed by atoms with Gasteiger partial charge in [-0.2, -0.15) is 4.98 Å². The van der Waals surface area contributed by atoms with Gasteiger partial charge in [-0.25, -0.2) is 4.52 Å². The number of nitrogens with one attached hydrogen (secondary N) is 1. The maximum Gasteiger partial charge on any atom is 0.247 e. The minimum Gasteiger partial charge on any atom is -0.492 e. The highest BCUT2D eigenvalue weighted by Gasteiger charge is 2.12. The fourth-order valence-electron chi connectivity index (χ4n) is 4.66. The van der Waals surface area contributed by atoms with E-state index in [0.29, 0.717) is 5.95 Å². The number of aromatic nitrogens is 3. The molecule has 0 aliphatic carbocycles. The number of thiophene rings is 1. The third-order valence-electron chi connectivity index (χ3n) is 6.53. The Morgan fingerprint density at radius 3 is 2.53 bits per heavy atom. The van der Waals surface area contributed by atoms with Gasteiger partial charge in [-0.05, 0) is 93.0 Å². The van der Waals surface area contributed by atoms with Gasteiger partial charge in [0.15, 0.2) is 5.65 Å². The number of fused-ring (bicyclic) bond motifs is 1. The van der Waals surface area contributed by atoms with E-state index in [0.717, 1.165) is 41.5 Å². The molecule has 1 saturated heterocycles. The smallest absolute Gasteiger partial charge is 0.247 e. The zero-order valence-corrected chi connectivity index (χ0v) is 21.2. The summed E-state index contributed by atoms with van der Waals surface area (Å²) >= 11 is 1.81. The topological polar surface area (TPSA) is 54.7 Å². The molecule has 3 aromatic heterocycles. The summed E-state index contributed by atoms with van der Waals surface area (Å²) in [4.78, 5) is 9.74. The van der Waals surface area contributed by atoms with Gasteiger partial charge < -0.3 is 10.1 Å². The first-order valence-electron chi connectivity index (χ1n) is 12.5. The number of aryl methyl sites for hydroxylation is 1. The number of pyridine rings is 1. The highest BCUT2D eigenvalue weighted by molar-refractivity contribution is 7.15. The molecule has 7 heteroatoms. The van der Waals surface area contributed by atoms with Crippen molar-refractivity contribution in [1.29, 1.82) is 0 Å². The Morgan fingerprint density at radius 2 is 1.72 bits per heavy atom. The second-order valence-corrected chi connectivity index (χ2v) is 10.4. The van der Waals surface area contributed by atoms with E-state index in [-0.39, 0.29) is 0 Å². The first kappa shape index (κ1) is 22.8. The van der Waals surface area contributed by atoms with E-state index in [1.807, 2.05) is 52.3 Å². The van der Waals surface area contributed by atoms with E-state index in [1.165, 1.54) is 41.2 Å². The molecule has 2 aromatic carbocycles. The number of hydrogen-bond acceptors (Lipinski definition) is 6. The average molecular weight is 496 g/mol. The fourth-order valence-corrected chi connectivity index (χ4v) is 5.52. The molecule has 0 spiro atoms. The molecule has 5 aromatic rings. The summed E-state index contributed by atoms with van der Waals surface area (Å²) in [5.41, 5.74) is 5.05. The largest absolute Gasteiger partial charge is 0.492 e. The predicted octanol–water partition coefficient (Wildman–Crippen LogP) is 6.65. The summed E-state index contributed by atoms with van der Waals surface area (Å²) in [6.45, 7) is 6.23. The van der Waals surface area contributed by atoms with E-state index in [4.69, 9.17) is 14.8 Å². The van der Waals surface area contributed by atoms with Gasteiger partial charge in [-0.3, -0.25) is 4.90 Å². The van der Waals surface area contributed by atoms with Crippen molar-refractivity contribution < 1.29 is 4.74 Å². The number of nitrogens with zero attached hydrogens (tertiary/aromatic N) is 4. The molecular formula is C29H29N5OS. The molecule has 1 aliphatic heterocycles. The van der Waals surface area contributed by atoms with Crippen LogP contribution >= 0.6 is 11.3 Å². The van der Waals surface area contributed by atoms with Crippen molar-refractivity contribution in [1.82, 2.24) is 19.5 Å². The fraction of sp³-hybridized carbons (Fsp3) is 0.241. The Balaban J connectivity index is 1.18. The highest BCUT2D eigenvalue weighted by atomic mass is 32.1. The summed E-state index contributed by atoms with van der Waals surface area (Å²) in [7, 11) is 0. The van der Waals surface area contributed by atoms with Crippen molar-refractivity contribution in [2.45, 2.75) is 19.8 Å². The van der Waals surface area contributed by atoms with Gasteiger partial charge in [0.05, 0.1) is 5.69 Å². The molecular weight excluding hydrogens is 466 g/mol. The number of ether oxygens (including phenoxy) is 1. The minimum atomic E-state index is 0.565. The first-order chi connectivity index (χ1) is 17.7. The molecule has 1 N–H and O–H groups in total. The molecule has 0 radical (unpaired) electrons. The third kappa shape index (κ3) is 4.98. The van der Waals surface area contributed by atoms with E-state index < -0.39 is 0 Å². The lowest BCUT2D eigenvalue weighted by molar-refractivity contribution is 0.238. The Morgan fingerprint density at radius 1 is 0.917 bits per heavy atom. The van der Waals surface area contributed by atoms with Crippen molar-refractivity contribution >= 4 is 28.6 Å². The third-order valence-corrected chi connectivity index (χ3v) is 7.58. The Kier molecular flexibility index (Phi) is 6.40. The molecule has 1 aliphatic rings. The molecule has 36 heavy (non-hydrogen) atoms. The molecule has 0 amide bonds. The van der Waals surface area contributed by atoms with Crippen LogP contribution in [0.3, 0.4) is 0 Å². The number of rotatable bonds is 8. The number of anilines is 2. The molecule has 1 fully saturated rings. The van der Waals surface area contributed by atoms with Crippen molar-refractivity contribution in [3.63, 3.8) is 0 Å². The molecule has 0 bridgehead atoms. The first-order valence-corrected chi connectivity index (χ1v) is 13.3. The van der Waals surface area contributed by atoms with Crippen molar-refractivity contribution in [2.24, 2.45) is 0 Å². The molecule has 182 valence electrons. The molecule has 0 saturated carbocycles. The van der Waals surface area contributed by atoms with Crippen LogP contribution in [0.15, 0.2) is 78.9 Å². The summed E-state index contributed by atoms with van der Waals surface area (Å²) in [5, 5.41) is 8.10. The van der Waals surface area contributed by atoms with Crippen molar-refractivity contribution in [3.8, 4) is 27.4 Å². The summed E-state index contributed by atoms with van der Waals surface area (Å²) in [6, 6.07) is 27.0. The summed E-state index contributed by atoms with van der Waals surface area (Å²) in [6.07, 6.45) is 2.61. The highest BCUT2D eigenvalue weighted by Crippen LogP contribution is 2.31. The Labute approximate surface area is 215 Å². The quantitative estimate of drug-likeness (QED) is 0.261. The lowest BCUT2D eigenvalue weighted by Crippen LogP contribution is -2.25. The van der Waals surface area contributed by atoms with Crippen LogP contribution in [0.1, 0.15) is 17.7 Å². The predicted molar refractivity (Wildman–Crippen MR) is 147 cm³/mol. The van der Waals surface area contributed by atoms with Crippen LogP contribution in [0, 0.1) is 6.92 Å². The maximum absolute atomic E-state index is 5.92. The average Bonchev–Trinajstić information content (AvgIpc) is 3.66. The normalized spacial score (nSPS) is 13.9. The van der Waals surface area contributed by atoms with Crippen LogP contribution in [0.5, 0.6) is 5.75 Å². The molecule has 4 heterocycles. The minimum absolute atomic E-state index is 0.565.